The van der Waals surface area contributed by atoms with E-state index in [1.807, 2.05) is 6.07 Å². The van der Waals surface area contributed by atoms with Gasteiger partial charge in [0.25, 0.3) is 0 Å². The molecule has 3 aliphatic rings. The maximum absolute atomic E-state index is 6.36. The molecule has 0 saturated carbocycles. The first-order chi connectivity index (χ1) is 9.70. The third kappa shape index (κ3) is 2.22. The van der Waals surface area contributed by atoms with E-state index in [-0.39, 0.29) is 0 Å². The Hall–Kier alpha value is -0.440. The van der Waals surface area contributed by atoms with Crippen molar-refractivity contribution in [3.05, 3.63) is 28.3 Å². The minimum Gasteiger partial charge on any atom is -0.493 e. The second kappa shape index (κ2) is 5.08. The Kier molecular flexibility index (Phi) is 3.36. The molecule has 3 aliphatic heterocycles. The largest absolute Gasteiger partial charge is 0.493 e. The van der Waals surface area contributed by atoms with Crippen LogP contribution in [0.2, 0.25) is 5.02 Å². The molecule has 1 aromatic carbocycles. The Labute approximate surface area is 130 Å². The van der Waals surface area contributed by atoms with Gasteiger partial charge in [0.1, 0.15) is 5.75 Å². The molecule has 0 amide bonds. The van der Waals surface area contributed by atoms with E-state index >= 15 is 0 Å². The van der Waals surface area contributed by atoms with Crippen LogP contribution in [-0.4, -0.2) is 29.0 Å². The van der Waals surface area contributed by atoms with Crippen molar-refractivity contribution in [3.63, 3.8) is 0 Å². The Morgan fingerprint density at radius 3 is 2.70 bits per heavy atom. The number of nitrogens with zero attached hydrogens (tertiary/aromatic N) is 1. The zero-order valence-corrected chi connectivity index (χ0v) is 13.0. The predicted octanol–water partition coefficient (Wildman–Crippen LogP) is 4.01. The van der Waals surface area contributed by atoms with Gasteiger partial charge in [-0.15, -0.1) is 11.6 Å². The molecule has 3 heterocycles. The van der Waals surface area contributed by atoms with Gasteiger partial charge in [0, 0.05) is 41.0 Å². The molecule has 2 unspecified atom stereocenters. The van der Waals surface area contributed by atoms with Gasteiger partial charge in [-0.2, -0.15) is 0 Å². The topological polar surface area (TPSA) is 12.5 Å². The van der Waals surface area contributed by atoms with E-state index in [1.54, 1.807) is 0 Å². The predicted molar refractivity (Wildman–Crippen MR) is 81.9 cm³/mol. The highest BCUT2D eigenvalue weighted by molar-refractivity contribution is 6.30. The van der Waals surface area contributed by atoms with Gasteiger partial charge in [-0.25, -0.2) is 0 Å². The number of fused-ring (bicyclic) bond motifs is 3. The number of halogens is 2. The van der Waals surface area contributed by atoms with Gasteiger partial charge in [-0.05, 0) is 43.4 Å². The van der Waals surface area contributed by atoms with Crippen molar-refractivity contribution >= 4 is 23.2 Å². The van der Waals surface area contributed by atoms with Crippen LogP contribution in [0.4, 0.5) is 0 Å². The molecule has 4 heteroatoms. The molecule has 0 N–H and O–H groups in total. The van der Waals surface area contributed by atoms with E-state index in [0.717, 1.165) is 43.2 Å². The Morgan fingerprint density at radius 1 is 1.20 bits per heavy atom. The normalized spacial score (nSPS) is 32.2. The molecule has 2 bridgehead atoms. The Morgan fingerprint density at radius 2 is 1.95 bits per heavy atom. The number of alkyl halides is 1. The molecule has 2 fully saturated rings. The van der Waals surface area contributed by atoms with Crippen LogP contribution in [0.25, 0.3) is 0 Å². The Balaban J connectivity index is 1.61. The number of hydrogen-bond acceptors (Lipinski definition) is 2. The molecule has 0 radical (unpaired) electrons. The van der Waals surface area contributed by atoms with Crippen LogP contribution in [0.3, 0.4) is 0 Å². The minimum atomic E-state index is 0.366. The van der Waals surface area contributed by atoms with Crippen molar-refractivity contribution in [2.45, 2.75) is 56.1 Å². The highest BCUT2D eigenvalue weighted by Crippen LogP contribution is 2.41. The van der Waals surface area contributed by atoms with Crippen molar-refractivity contribution in [2.75, 3.05) is 6.61 Å². The van der Waals surface area contributed by atoms with Crippen LogP contribution >= 0.6 is 23.2 Å². The molecule has 2 nitrogen and oxygen atoms in total. The van der Waals surface area contributed by atoms with Crippen LogP contribution in [-0.2, 0) is 13.0 Å². The number of ether oxygens (including phenoxy) is 1. The summed E-state index contributed by atoms with van der Waals surface area (Å²) in [5.74, 6) is 1.08. The standard InChI is InChI=1S/C16H19Cl2NO/c17-12-5-10-3-4-20-16(10)11(6-12)9-19-14-1-2-15(19)8-13(18)7-14/h5-6,13-15H,1-4,7-9H2. The highest BCUT2D eigenvalue weighted by atomic mass is 35.5. The summed E-state index contributed by atoms with van der Waals surface area (Å²) in [4.78, 5) is 2.63. The minimum absolute atomic E-state index is 0.366. The maximum atomic E-state index is 6.36. The zero-order chi connectivity index (χ0) is 13.7. The molecule has 20 heavy (non-hydrogen) atoms. The first kappa shape index (κ1) is 13.2. The highest BCUT2D eigenvalue weighted by Gasteiger charge is 2.40. The van der Waals surface area contributed by atoms with Crippen LogP contribution in [0.5, 0.6) is 5.75 Å². The van der Waals surface area contributed by atoms with Crippen LogP contribution in [0, 0.1) is 0 Å². The van der Waals surface area contributed by atoms with Crippen LogP contribution < -0.4 is 4.74 Å². The molecule has 108 valence electrons. The van der Waals surface area contributed by atoms with Gasteiger partial charge in [-0.3, -0.25) is 4.90 Å². The second-order valence-electron chi connectivity index (χ2n) is 6.28. The molecule has 0 aromatic heterocycles. The number of rotatable bonds is 2. The fraction of sp³-hybridized carbons (Fsp3) is 0.625. The molecular formula is C16H19Cl2NO. The van der Waals surface area contributed by atoms with Crippen molar-refractivity contribution < 1.29 is 4.74 Å². The van der Waals surface area contributed by atoms with Gasteiger partial charge < -0.3 is 4.74 Å². The SMILES string of the molecule is Clc1cc2c(c(CN3C4CCC3CC(Cl)C4)c1)OCC2. The summed E-state index contributed by atoms with van der Waals surface area (Å²) >= 11 is 12.6. The molecule has 4 rings (SSSR count). The van der Waals surface area contributed by atoms with Gasteiger partial charge in [-0.1, -0.05) is 11.6 Å². The first-order valence-electron chi connectivity index (χ1n) is 7.54. The fourth-order valence-corrected chi connectivity index (χ4v) is 4.80. The fourth-order valence-electron chi connectivity index (χ4n) is 4.13. The smallest absolute Gasteiger partial charge is 0.127 e. The average Bonchev–Trinajstić information content (AvgIpc) is 2.94. The third-order valence-electron chi connectivity index (χ3n) is 5.01. The monoisotopic (exact) mass is 311 g/mol. The number of hydrogen-bond donors (Lipinski definition) is 0. The number of piperidine rings is 1. The summed E-state index contributed by atoms with van der Waals surface area (Å²) in [6, 6.07) is 5.42. The lowest BCUT2D eigenvalue weighted by atomic mass is 10.0. The van der Waals surface area contributed by atoms with Crippen LogP contribution in [0.15, 0.2) is 12.1 Å². The molecule has 0 spiro atoms. The molecule has 0 aliphatic carbocycles. The molecule has 2 saturated heterocycles. The summed E-state index contributed by atoms with van der Waals surface area (Å²) in [5.41, 5.74) is 2.53. The summed E-state index contributed by atoms with van der Waals surface area (Å²) in [6.07, 6.45) is 5.82. The van der Waals surface area contributed by atoms with E-state index in [2.05, 4.69) is 11.0 Å². The summed E-state index contributed by atoms with van der Waals surface area (Å²) in [6.45, 7) is 1.75. The van der Waals surface area contributed by atoms with E-state index in [1.165, 1.54) is 24.0 Å². The second-order valence-corrected chi connectivity index (χ2v) is 7.33. The first-order valence-corrected chi connectivity index (χ1v) is 8.36. The van der Waals surface area contributed by atoms with Gasteiger partial charge in [0.05, 0.1) is 6.61 Å². The lowest BCUT2D eigenvalue weighted by Gasteiger charge is -2.37. The van der Waals surface area contributed by atoms with Crippen LogP contribution in [0.1, 0.15) is 36.8 Å². The molecule has 2 atom stereocenters. The quantitative estimate of drug-likeness (QED) is 0.765. The lowest BCUT2D eigenvalue weighted by Crippen LogP contribution is -2.42. The third-order valence-corrected chi connectivity index (χ3v) is 5.58. The molecular weight excluding hydrogens is 293 g/mol. The molecule has 1 aromatic rings. The van der Waals surface area contributed by atoms with Crippen molar-refractivity contribution in [2.24, 2.45) is 0 Å². The van der Waals surface area contributed by atoms with Crippen molar-refractivity contribution in [1.29, 1.82) is 0 Å². The summed E-state index contributed by atoms with van der Waals surface area (Å²) in [5, 5.41) is 1.20. The van der Waals surface area contributed by atoms with Gasteiger partial charge in [0.15, 0.2) is 0 Å². The van der Waals surface area contributed by atoms with Crippen molar-refractivity contribution in [3.8, 4) is 5.75 Å². The van der Waals surface area contributed by atoms with E-state index in [0.29, 0.717) is 17.5 Å². The van der Waals surface area contributed by atoms with Gasteiger partial charge >= 0.3 is 0 Å². The Bertz CT molecular complexity index is 519. The average molecular weight is 312 g/mol. The van der Waals surface area contributed by atoms with Crippen molar-refractivity contribution in [1.82, 2.24) is 4.90 Å². The van der Waals surface area contributed by atoms with Gasteiger partial charge in [0.2, 0.25) is 0 Å². The summed E-state index contributed by atoms with van der Waals surface area (Å²) in [7, 11) is 0. The summed E-state index contributed by atoms with van der Waals surface area (Å²) < 4.78 is 5.83. The maximum Gasteiger partial charge on any atom is 0.127 e. The van der Waals surface area contributed by atoms with E-state index in [4.69, 9.17) is 27.9 Å². The van der Waals surface area contributed by atoms with E-state index < -0.39 is 0 Å². The lowest BCUT2D eigenvalue weighted by molar-refractivity contribution is 0.133. The number of benzene rings is 1. The van der Waals surface area contributed by atoms with E-state index in [9.17, 15) is 0 Å². The zero-order valence-electron chi connectivity index (χ0n) is 11.4.